The van der Waals surface area contributed by atoms with Crippen molar-refractivity contribution in [2.45, 2.75) is 6.92 Å². The Hall–Kier alpha value is -2.70. The van der Waals surface area contributed by atoms with Gasteiger partial charge in [-0.05, 0) is 12.5 Å². The highest BCUT2D eigenvalue weighted by molar-refractivity contribution is 5.92. The molecule has 0 saturated carbocycles. The number of nitro benzene ring substituents is 1. The van der Waals surface area contributed by atoms with Gasteiger partial charge >= 0.3 is 0 Å². The Morgan fingerprint density at radius 3 is 2.61 bits per heavy atom. The SMILES string of the molecule is Cc1cc([N+](=O)[O-])cc2c(=O)cc(C(N)=O)oc12. The van der Waals surface area contributed by atoms with Crippen molar-refractivity contribution >= 4 is 22.6 Å². The highest BCUT2D eigenvalue weighted by Gasteiger charge is 2.15. The molecule has 1 amide bonds. The van der Waals surface area contributed by atoms with Gasteiger partial charge in [-0.1, -0.05) is 0 Å². The first-order valence-electron chi connectivity index (χ1n) is 4.93. The number of amides is 1. The van der Waals surface area contributed by atoms with E-state index in [9.17, 15) is 19.7 Å². The molecule has 1 heterocycles. The van der Waals surface area contributed by atoms with Gasteiger partial charge in [0.25, 0.3) is 11.6 Å². The molecular weight excluding hydrogens is 240 g/mol. The van der Waals surface area contributed by atoms with Crippen LogP contribution in [0.4, 0.5) is 5.69 Å². The van der Waals surface area contributed by atoms with E-state index in [0.29, 0.717) is 5.56 Å². The van der Waals surface area contributed by atoms with Crippen LogP contribution in [-0.2, 0) is 0 Å². The lowest BCUT2D eigenvalue weighted by atomic mass is 10.1. The average Bonchev–Trinajstić information content (AvgIpc) is 2.29. The molecule has 2 aromatic rings. The van der Waals surface area contributed by atoms with Crippen LogP contribution in [0.1, 0.15) is 16.1 Å². The second-order valence-electron chi connectivity index (χ2n) is 3.74. The number of aryl methyl sites for hydroxylation is 1. The van der Waals surface area contributed by atoms with E-state index < -0.39 is 16.3 Å². The number of hydrogen-bond donors (Lipinski definition) is 1. The van der Waals surface area contributed by atoms with Crippen molar-refractivity contribution in [3.8, 4) is 0 Å². The van der Waals surface area contributed by atoms with Crippen molar-refractivity contribution in [2.24, 2.45) is 5.73 Å². The maximum atomic E-state index is 11.7. The quantitative estimate of drug-likeness (QED) is 0.631. The molecule has 7 nitrogen and oxygen atoms in total. The fourth-order valence-electron chi connectivity index (χ4n) is 1.64. The topological polar surface area (TPSA) is 116 Å². The van der Waals surface area contributed by atoms with Crippen LogP contribution in [0.25, 0.3) is 11.0 Å². The van der Waals surface area contributed by atoms with Crippen molar-refractivity contribution in [1.82, 2.24) is 0 Å². The van der Waals surface area contributed by atoms with Gasteiger partial charge in [0.15, 0.2) is 11.2 Å². The van der Waals surface area contributed by atoms with E-state index >= 15 is 0 Å². The summed E-state index contributed by atoms with van der Waals surface area (Å²) in [6, 6.07) is 3.29. The number of hydrogen-bond acceptors (Lipinski definition) is 5. The fraction of sp³-hybridized carbons (Fsp3) is 0.0909. The Bertz CT molecular complexity index is 732. The molecule has 1 aromatic carbocycles. The Morgan fingerprint density at radius 1 is 1.39 bits per heavy atom. The molecule has 0 atom stereocenters. The number of rotatable bonds is 2. The molecule has 18 heavy (non-hydrogen) atoms. The number of primary amides is 1. The van der Waals surface area contributed by atoms with Crippen LogP contribution < -0.4 is 11.2 Å². The number of carbonyl (C=O) groups is 1. The van der Waals surface area contributed by atoms with Crippen LogP contribution in [-0.4, -0.2) is 10.8 Å². The highest BCUT2D eigenvalue weighted by Crippen LogP contribution is 2.23. The molecule has 92 valence electrons. The van der Waals surface area contributed by atoms with Crippen molar-refractivity contribution in [3.63, 3.8) is 0 Å². The third-order valence-corrected chi connectivity index (χ3v) is 2.45. The third kappa shape index (κ3) is 1.81. The molecule has 0 fully saturated rings. The number of nitro groups is 1. The predicted octanol–water partition coefficient (Wildman–Crippen LogP) is 1.11. The minimum absolute atomic E-state index is 0.0479. The molecule has 0 saturated heterocycles. The minimum Gasteiger partial charge on any atom is -0.450 e. The van der Waals surface area contributed by atoms with Crippen LogP contribution in [0.15, 0.2) is 27.4 Å². The monoisotopic (exact) mass is 248 g/mol. The van der Waals surface area contributed by atoms with Gasteiger partial charge in [0.05, 0.1) is 10.3 Å². The van der Waals surface area contributed by atoms with E-state index in [1.807, 2.05) is 0 Å². The summed E-state index contributed by atoms with van der Waals surface area (Å²) in [7, 11) is 0. The second-order valence-corrected chi connectivity index (χ2v) is 3.74. The van der Waals surface area contributed by atoms with Crippen molar-refractivity contribution in [3.05, 3.63) is 49.9 Å². The van der Waals surface area contributed by atoms with Gasteiger partial charge in [-0.25, -0.2) is 0 Å². The van der Waals surface area contributed by atoms with Gasteiger partial charge in [0.2, 0.25) is 0 Å². The highest BCUT2D eigenvalue weighted by atomic mass is 16.6. The number of nitrogens with zero attached hydrogens (tertiary/aromatic N) is 1. The standard InChI is InChI=1S/C11H8N2O5/c1-5-2-6(13(16)17)3-7-8(14)4-9(11(12)15)18-10(5)7/h2-4H,1H3,(H2,12,15). The van der Waals surface area contributed by atoms with Crippen molar-refractivity contribution < 1.29 is 14.1 Å². The van der Waals surface area contributed by atoms with Crippen LogP contribution >= 0.6 is 0 Å². The summed E-state index contributed by atoms with van der Waals surface area (Å²) in [5.41, 5.74) is 4.78. The summed E-state index contributed by atoms with van der Waals surface area (Å²) >= 11 is 0. The third-order valence-electron chi connectivity index (χ3n) is 2.45. The number of benzene rings is 1. The minimum atomic E-state index is -0.869. The lowest BCUT2D eigenvalue weighted by Gasteiger charge is -2.02. The van der Waals surface area contributed by atoms with Crippen LogP contribution in [0, 0.1) is 17.0 Å². The summed E-state index contributed by atoms with van der Waals surface area (Å²) in [5.74, 6) is -1.14. The van der Waals surface area contributed by atoms with Gasteiger partial charge in [-0.15, -0.1) is 0 Å². The van der Waals surface area contributed by atoms with Crippen molar-refractivity contribution in [2.75, 3.05) is 0 Å². The molecule has 2 rings (SSSR count). The van der Waals surface area contributed by atoms with Crippen LogP contribution in [0.3, 0.4) is 0 Å². The molecule has 0 aliphatic rings. The summed E-state index contributed by atoms with van der Waals surface area (Å²) in [5, 5.41) is 10.7. The number of fused-ring (bicyclic) bond motifs is 1. The van der Waals surface area contributed by atoms with Crippen LogP contribution in [0.5, 0.6) is 0 Å². The van der Waals surface area contributed by atoms with Gasteiger partial charge in [0, 0.05) is 18.2 Å². The van der Waals surface area contributed by atoms with E-state index in [2.05, 4.69) is 0 Å². The maximum absolute atomic E-state index is 11.7. The van der Waals surface area contributed by atoms with E-state index in [1.165, 1.54) is 6.07 Å². The zero-order valence-electron chi connectivity index (χ0n) is 9.30. The lowest BCUT2D eigenvalue weighted by Crippen LogP contribution is -2.14. The Morgan fingerprint density at radius 2 is 2.06 bits per heavy atom. The molecule has 0 unspecified atom stereocenters. The summed E-state index contributed by atoms with van der Waals surface area (Å²) < 4.78 is 5.17. The van der Waals surface area contributed by atoms with E-state index in [1.54, 1.807) is 6.92 Å². The van der Waals surface area contributed by atoms with Crippen LogP contribution in [0.2, 0.25) is 0 Å². The predicted molar refractivity (Wildman–Crippen MR) is 62.4 cm³/mol. The van der Waals surface area contributed by atoms with Gasteiger partial charge in [-0.3, -0.25) is 19.7 Å². The molecule has 1 aromatic heterocycles. The molecule has 0 spiro atoms. The lowest BCUT2D eigenvalue weighted by molar-refractivity contribution is -0.384. The van der Waals surface area contributed by atoms with Gasteiger partial charge in [-0.2, -0.15) is 0 Å². The Labute approximate surface area is 100.0 Å². The first-order valence-corrected chi connectivity index (χ1v) is 4.93. The first kappa shape index (κ1) is 11.8. The molecule has 0 aliphatic carbocycles. The number of nitrogens with two attached hydrogens (primary N) is 1. The molecule has 0 bridgehead atoms. The molecule has 0 radical (unpaired) electrons. The van der Waals surface area contributed by atoms with E-state index in [4.69, 9.17) is 10.2 Å². The molecule has 2 N–H and O–H groups in total. The largest absolute Gasteiger partial charge is 0.450 e. The summed E-state index contributed by atoms with van der Waals surface area (Å²) in [6.07, 6.45) is 0. The van der Waals surface area contributed by atoms with Crippen molar-refractivity contribution in [1.29, 1.82) is 0 Å². The zero-order valence-corrected chi connectivity index (χ0v) is 9.30. The second kappa shape index (κ2) is 3.95. The molecule has 7 heteroatoms. The number of carbonyl (C=O) groups excluding carboxylic acids is 1. The number of non-ortho nitro benzene ring substituents is 1. The first-order chi connectivity index (χ1) is 8.40. The zero-order chi connectivity index (χ0) is 13.4. The smallest absolute Gasteiger partial charge is 0.284 e. The van der Waals surface area contributed by atoms with E-state index in [-0.39, 0.29) is 22.4 Å². The van der Waals surface area contributed by atoms with E-state index in [0.717, 1.165) is 12.1 Å². The summed E-state index contributed by atoms with van der Waals surface area (Å²) in [6.45, 7) is 1.54. The van der Waals surface area contributed by atoms with Gasteiger partial charge < -0.3 is 10.2 Å². The summed E-state index contributed by atoms with van der Waals surface area (Å²) in [4.78, 5) is 32.8. The normalized spacial score (nSPS) is 10.5. The Balaban J connectivity index is 2.88. The molecule has 0 aliphatic heterocycles. The fourth-order valence-corrected chi connectivity index (χ4v) is 1.64. The maximum Gasteiger partial charge on any atom is 0.284 e. The molecular formula is C11H8N2O5. The Kier molecular flexibility index (Phi) is 2.59. The average molecular weight is 248 g/mol. The van der Waals surface area contributed by atoms with Gasteiger partial charge in [0.1, 0.15) is 5.58 Å².